The van der Waals surface area contributed by atoms with Gasteiger partial charge in [0, 0.05) is 6.08 Å². The van der Waals surface area contributed by atoms with Crippen LogP contribution in [0.25, 0.3) is 0 Å². The average molecular weight is 278 g/mol. The van der Waals surface area contributed by atoms with Gasteiger partial charge in [0.1, 0.15) is 0 Å². The standard InChI is InChI=1S/C18H30O2/c1-3-4-5-6-7-8-9-10-11-12-13-14-15-16-17-18(19)20-2/h12-17H,3-11H2,1-2H3. The molecule has 0 aromatic carbocycles. The molecule has 0 unspecified atom stereocenters. The molecule has 2 nitrogen and oxygen atoms in total. The highest BCUT2D eigenvalue weighted by Gasteiger charge is 1.90. The summed E-state index contributed by atoms with van der Waals surface area (Å²) in [6.07, 6.45) is 23.1. The third kappa shape index (κ3) is 14.7. The molecule has 0 rings (SSSR count). The largest absolute Gasteiger partial charge is 0.466 e. The van der Waals surface area contributed by atoms with Crippen LogP contribution in [-0.4, -0.2) is 13.1 Å². The summed E-state index contributed by atoms with van der Waals surface area (Å²) in [5, 5.41) is 0. The van der Waals surface area contributed by atoms with E-state index in [4.69, 9.17) is 0 Å². The highest BCUT2D eigenvalue weighted by Crippen LogP contribution is 2.09. The van der Waals surface area contributed by atoms with Crippen LogP contribution in [0.2, 0.25) is 0 Å². The zero-order chi connectivity index (χ0) is 14.9. The molecule has 2 heteroatoms. The van der Waals surface area contributed by atoms with E-state index in [1.165, 1.54) is 64.6 Å². The first kappa shape index (κ1) is 18.7. The van der Waals surface area contributed by atoms with E-state index in [0.717, 1.165) is 6.42 Å². The molecular formula is C18H30O2. The minimum absolute atomic E-state index is 0.322. The quantitative estimate of drug-likeness (QED) is 0.208. The second kappa shape index (κ2) is 15.7. The Balaban J connectivity index is 3.33. The number of hydrogen-bond acceptors (Lipinski definition) is 2. The molecule has 0 aromatic rings. The Morgan fingerprint density at radius 3 is 2.10 bits per heavy atom. The van der Waals surface area contributed by atoms with E-state index in [1.807, 2.05) is 18.2 Å². The third-order valence-electron chi connectivity index (χ3n) is 3.13. The van der Waals surface area contributed by atoms with Crippen molar-refractivity contribution in [3.05, 3.63) is 36.5 Å². The lowest BCUT2D eigenvalue weighted by Crippen LogP contribution is -1.92. The molecule has 0 fully saturated rings. The van der Waals surface area contributed by atoms with E-state index in [2.05, 4.69) is 17.7 Å². The average Bonchev–Trinajstić information content (AvgIpc) is 2.47. The van der Waals surface area contributed by atoms with Gasteiger partial charge in [-0.05, 0) is 12.8 Å². The molecule has 0 atom stereocenters. The number of rotatable bonds is 12. The first-order chi connectivity index (χ1) is 9.81. The fourth-order valence-electron chi connectivity index (χ4n) is 1.90. The summed E-state index contributed by atoms with van der Waals surface area (Å²) < 4.78 is 4.49. The van der Waals surface area contributed by atoms with Gasteiger partial charge in [0.25, 0.3) is 0 Å². The summed E-state index contributed by atoms with van der Waals surface area (Å²) >= 11 is 0. The number of carbonyl (C=O) groups excluding carboxylic acids is 1. The topological polar surface area (TPSA) is 26.3 Å². The minimum atomic E-state index is -0.322. The molecule has 0 saturated heterocycles. The molecule has 0 aliphatic heterocycles. The van der Waals surface area contributed by atoms with Crippen molar-refractivity contribution in [3.8, 4) is 0 Å². The van der Waals surface area contributed by atoms with Crippen molar-refractivity contribution in [3.63, 3.8) is 0 Å². The highest BCUT2D eigenvalue weighted by molar-refractivity contribution is 5.82. The second-order valence-electron chi connectivity index (χ2n) is 4.96. The zero-order valence-electron chi connectivity index (χ0n) is 13.1. The van der Waals surface area contributed by atoms with Gasteiger partial charge in [-0.15, -0.1) is 0 Å². The van der Waals surface area contributed by atoms with Crippen molar-refractivity contribution in [1.82, 2.24) is 0 Å². The third-order valence-corrected chi connectivity index (χ3v) is 3.13. The van der Waals surface area contributed by atoms with E-state index in [0.29, 0.717) is 0 Å². The molecule has 0 N–H and O–H groups in total. The maximum Gasteiger partial charge on any atom is 0.330 e. The Morgan fingerprint density at radius 1 is 0.850 bits per heavy atom. The predicted molar refractivity (Wildman–Crippen MR) is 86.7 cm³/mol. The Hall–Kier alpha value is -1.31. The molecule has 0 bridgehead atoms. The van der Waals surface area contributed by atoms with Crippen molar-refractivity contribution >= 4 is 5.97 Å². The normalized spacial score (nSPS) is 11.9. The van der Waals surface area contributed by atoms with Crippen LogP contribution in [0.15, 0.2) is 36.5 Å². The molecule has 0 saturated carbocycles. The predicted octanol–water partition coefficient (Wildman–Crippen LogP) is 5.36. The van der Waals surface area contributed by atoms with Gasteiger partial charge >= 0.3 is 5.97 Å². The van der Waals surface area contributed by atoms with Crippen molar-refractivity contribution in [2.75, 3.05) is 7.11 Å². The number of allylic oxidation sites excluding steroid dienone is 5. The fourth-order valence-corrected chi connectivity index (χ4v) is 1.90. The van der Waals surface area contributed by atoms with E-state index in [-0.39, 0.29) is 5.97 Å². The Labute approximate surface area is 124 Å². The molecule has 0 radical (unpaired) electrons. The van der Waals surface area contributed by atoms with Gasteiger partial charge in [-0.3, -0.25) is 0 Å². The van der Waals surface area contributed by atoms with Crippen LogP contribution in [0.3, 0.4) is 0 Å². The first-order valence-corrected chi connectivity index (χ1v) is 7.89. The molecule has 0 aliphatic rings. The van der Waals surface area contributed by atoms with Gasteiger partial charge in [-0.1, -0.05) is 82.2 Å². The van der Waals surface area contributed by atoms with E-state index in [9.17, 15) is 4.79 Å². The van der Waals surface area contributed by atoms with Crippen LogP contribution in [0.5, 0.6) is 0 Å². The Morgan fingerprint density at radius 2 is 1.45 bits per heavy atom. The fraction of sp³-hybridized carbons (Fsp3) is 0.611. The zero-order valence-corrected chi connectivity index (χ0v) is 13.1. The van der Waals surface area contributed by atoms with Gasteiger partial charge in [-0.25, -0.2) is 4.79 Å². The number of methoxy groups -OCH3 is 1. The molecule has 114 valence electrons. The number of esters is 1. The summed E-state index contributed by atoms with van der Waals surface area (Å²) in [7, 11) is 1.38. The van der Waals surface area contributed by atoms with Crippen molar-refractivity contribution in [1.29, 1.82) is 0 Å². The van der Waals surface area contributed by atoms with Gasteiger partial charge in [0.05, 0.1) is 7.11 Å². The maximum atomic E-state index is 10.8. The second-order valence-corrected chi connectivity index (χ2v) is 4.96. The highest BCUT2D eigenvalue weighted by atomic mass is 16.5. The van der Waals surface area contributed by atoms with Crippen LogP contribution in [-0.2, 0) is 9.53 Å². The summed E-state index contributed by atoms with van der Waals surface area (Å²) in [5.74, 6) is -0.322. The van der Waals surface area contributed by atoms with Crippen LogP contribution in [0.4, 0.5) is 0 Å². The van der Waals surface area contributed by atoms with Crippen LogP contribution < -0.4 is 0 Å². The number of carbonyl (C=O) groups is 1. The van der Waals surface area contributed by atoms with Crippen molar-refractivity contribution in [2.45, 2.75) is 64.7 Å². The lowest BCUT2D eigenvalue weighted by molar-refractivity contribution is -0.134. The minimum Gasteiger partial charge on any atom is -0.466 e. The molecule has 0 amide bonds. The molecule has 0 aliphatic carbocycles. The van der Waals surface area contributed by atoms with Gasteiger partial charge in [0.2, 0.25) is 0 Å². The smallest absolute Gasteiger partial charge is 0.330 e. The van der Waals surface area contributed by atoms with Gasteiger partial charge in [0.15, 0.2) is 0 Å². The molecule has 0 heterocycles. The van der Waals surface area contributed by atoms with E-state index >= 15 is 0 Å². The molecule has 20 heavy (non-hydrogen) atoms. The summed E-state index contributed by atoms with van der Waals surface area (Å²) in [4.78, 5) is 10.8. The summed E-state index contributed by atoms with van der Waals surface area (Å²) in [5.41, 5.74) is 0. The van der Waals surface area contributed by atoms with E-state index in [1.54, 1.807) is 6.08 Å². The monoisotopic (exact) mass is 278 g/mol. The first-order valence-electron chi connectivity index (χ1n) is 7.89. The van der Waals surface area contributed by atoms with Crippen LogP contribution in [0.1, 0.15) is 64.7 Å². The van der Waals surface area contributed by atoms with E-state index < -0.39 is 0 Å². The Bertz CT molecular complexity index is 301. The van der Waals surface area contributed by atoms with Crippen molar-refractivity contribution in [2.24, 2.45) is 0 Å². The Kier molecular flexibility index (Phi) is 14.7. The molecule has 0 spiro atoms. The van der Waals surface area contributed by atoms with Crippen LogP contribution >= 0.6 is 0 Å². The molecular weight excluding hydrogens is 248 g/mol. The van der Waals surface area contributed by atoms with Crippen molar-refractivity contribution < 1.29 is 9.53 Å². The van der Waals surface area contributed by atoms with Crippen LogP contribution in [0, 0.1) is 0 Å². The number of unbranched alkanes of at least 4 members (excludes halogenated alkanes) is 8. The lowest BCUT2D eigenvalue weighted by Gasteiger charge is -1.99. The summed E-state index contributed by atoms with van der Waals surface area (Å²) in [6.45, 7) is 2.26. The number of hydrogen-bond donors (Lipinski definition) is 0. The maximum absolute atomic E-state index is 10.8. The number of ether oxygens (including phenoxy) is 1. The van der Waals surface area contributed by atoms with Gasteiger partial charge in [-0.2, -0.15) is 0 Å². The summed E-state index contributed by atoms with van der Waals surface area (Å²) in [6, 6.07) is 0. The molecule has 0 aromatic heterocycles. The van der Waals surface area contributed by atoms with Gasteiger partial charge < -0.3 is 4.74 Å². The lowest BCUT2D eigenvalue weighted by atomic mass is 10.1. The SMILES string of the molecule is CCCCCCCCCCC=CC=CC=CC(=O)OC.